The van der Waals surface area contributed by atoms with Crippen molar-refractivity contribution in [2.45, 2.75) is 13.0 Å². The zero-order valence-corrected chi connectivity index (χ0v) is 20.6. The molecule has 0 amide bonds. The van der Waals surface area contributed by atoms with E-state index < -0.39 is 0 Å². The first-order valence-corrected chi connectivity index (χ1v) is 12.5. The van der Waals surface area contributed by atoms with Crippen molar-refractivity contribution >= 4 is 34.6 Å². The van der Waals surface area contributed by atoms with Gasteiger partial charge in [-0.15, -0.1) is 0 Å². The maximum atomic E-state index is 14.1. The number of hydrogen-bond donors (Lipinski definition) is 1. The van der Waals surface area contributed by atoms with Crippen LogP contribution in [0.25, 0.3) is 5.69 Å². The van der Waals surface area contributed by atoms with Crippen LogP contribution in [0, 0.1) is 12.7 Å². The fourth-order valence-corrected chi connectivity index (χ4v) is 5.20. The van der Waals surface area contributed by atoms with Gasteiger partial charge in [-0.05, 0) is 55.0 Å². The number of aromatic nitrogens is 2. The molecule has 2 aliphatic heterocycles. The Hall–Kier alpha value is -5.04. The minimum absolute atomic E-state index is 0.197. The van der Waals surface area contributed by atoms with Gasteiger partial charge in [-0.25, -0.2) is 19.1 Å². The molecule has 0 saturated carbocycles. The Kier molecular flexibility index (Phi) is 5.14. The van der Waals surface area contributed by atoms with Gasteiger partial charge in [-0.2, -0.15) is 5.10 Å². The van der Waals surface area contributed by atoms with Crippen molar-refractivity contribution < 1.29 is 4.39 Å². The second kappa shape index (κ2) is 8.81. The molecule has 7 heteroatoms. The Morgan fingerprint density at radius 3 is 2.32 bits per heavy atom. The Morgan fingerprint density at radius 1 is 0.789 bits per heavy atom. The molecule has 0 bridgehead atoms. The Labute approximate surface area is 219 Å². The second-order valence-corrected chi connectivity index (χ2v) is 9.27. The summed E-state index contributed by atoms with van der Waals surface area (Å²) >= 11 is 0. The summed E-state index contributed by atoms with van der Waals surface area (Å²) in [4.78, 5) is 12.4. The van der Waals surface area contributed by atoms with Gasteiger partial charge in [-0.3, -0.25) is 0 Å². The van der Waals surface area contributed by atoms with Crippen molar-refractivity contribution in [2.75, 3.05) is 10.2 Å². The molecule has 4 aromatic carbocycles. The zero-order chi connectivity index (χ0) is 25.6. The predicted octanol–water partition coefficient (Wildman–Crippen LogP) is 7.12. The highest BCUT2D eigenvalue weighted by molar-refractivity contribution is 6.51. The summed E-state index contributed by atoms with van der Waals surface area (Å²) in [6, 6.07) is 34.6. The lowest BCUT2D eigenvalue weighted by Crippen LogP contribution is -2.46. The van der Waals surface area contributed by atoms with Crippen molar-refractivity contribution in [1.29, 1.82) is 0 Å². The third kappa shape index (κ3) is 3.59. The van der Waals surface area contributed by atoms with Gasteiger partial charge in [0, 0.05) is 11.3 Å². The van der Waals surface area contributed by atoms with E-state index in [0.717, 1.165) is 39.7 Å². The van der Waals surface area contributed by atoms with E-state index in [1.807, 2.05) is 84.4 Å². The van der Waals surface area contributed by atoms with Crippen molar-refractivity contribution in [3.8, 4) is 5.69 Å². The van der Waals surface area contributed by atoms with Gasteiger partial charge in [0.15, 0.2) is 17.5 Å². The van der Waals surface area contributed by atoms with Crippen LogP contribution in [0.4, 0.5) is 27.3 Å². The molecule has 1 aromatic heterocycles. The average molecular weight is 499 g/mol. The topological polar surface area (TPSA) is 57.8 Å². The van der Waals surface area contributed by atoms with Crippen LogP contribution in [0.5, 0.6) is 0 Å². The smallest absolute Gasteiger partial charge is 0.179 e. The van der Waals surface area contributed by atoms with Crippen LogP contribution < -0.4 is 10.2 Å². The lowest BCUT2D eigenvalue weighted by Gasteiger charge is -2.40. The van der Waals surface area contributed by atoms with Gasteiger partial charge in [0.2, 0.25) is 0 Å². The highest BCUT2D eigenvalue weighted by Gasteiger charge is 2.41. The Morgan fingerprint density at radius 2 is 1.53 bits per heavy atom. The number of rotatable bonds is 3. The largest absolute Gasteiger partial charge is 0.337 e. The number of amidine groups is 2. The van der Waals surface area contributed by atoms with Gasteiger partial charge >= 0.3 is 0 Å². The molecule has 5 aromatic rings. The number of benzene rings is 4. The van der Waals surface area contributed by atoms with Crippen LogP contribution in [0.3, 0.4) is 0 Å². The molecule has 1 N–H and O–H groups in total. The van der Waals surface area contributed by atoms with Crippen LogP contribution in [0.2, 0.25) is 0 Å². The van der Waals surface area contributed by atoms with E-state index in [2.05, 4.69) is 28.4 Å². The van der Waals surface area contributed by atoms with Crippen LogP contribution in [0.1, 0.15) is 22.9 Å². The van der Waals surface area contributed by atoms with E-state index in [1.165, 1.54) is 12.1 Å². The number of nitrogens with zero attached hydrogens (tertiary/aromatic N) is 5. The van der Waals surface area contributed by atoms with Gasteiger partial charge < -0.3 is 10.2 Å². The fourth-order valence-electron chi connectivity index (χ4n) is 5.20. The van der Waals surface area contributed by atoms with Crippen LogP contribution >= 0.6 is 0 Å². The number of halogens is 1. The van der Waals surface area contributed by atoms with E-state index >= 15 is 0 Å². The lowest BCUT2D eigenvalue weighted by atomic mass is 9.93. The third-order valence-corrected chi connectivity index (χ3v) is 6.84. The molecular formula is C31H23FN6. The molecule has 1 atom stereocenters. The fraction of sp³-hybridized carbons (Fsp3) is 0.0645. The van der Waals surface area contributed by atoms with E-state index in [-0.39, 0.29) is 11.9 Å². The summed E-state index contributed by atoms with van der Waals surface area (Å²) in [5, 5.41) is 8.28. The number of hydrogen-bond acceptors (Lipinski definition) is 5. The Balaban J connectivity index is 1.50. The molecule has 0 unspecified atom stereocenters. The predicted molar refractivity (Wildman–Crippen MR) is 150 cm³/mol. The molecule has 7 rings (SSSR count). The molecule has 0 spiro atoms. The minimum atomic E-state index is -0.323. The van der Waals surface area contributed by atoms with Crippen LogP contribution in [-0.4, -0.2) is 21.5 Å². The normalized spacial score (nSPS) is 15.6. The molecule has 0 fully saturated rings. The lowest BCUT2D eigenvalue weighted by molar-refractivity contribution is 0.628. The van der Waals surface area contributed by atoms with E-state index in [1.54, 1.807) is 6.07 Å². The van der Waals surface area contributed by atoms with Crippen molar-refractivity contribution in [2.24, 2.45) is 9.98 Å². The van der Waals surface area contributed by atoms with Gasteiger partial charge in [0.25, 0.3) is 0 Å². The zero-order valence-electron chi connectivity index (χ0n) is 20.6. The number of aliphatic imine (C=N–C) groups is 2. The van der Waals surface area contributed by atoms with Crippen molar-refractivity contribution in [3.05, 3.63) is 132 Å². The molecule has 6 nitrogen and oxygen atoms in total. The highest BCUT2D eigenvalue weighted by atomic mass is 19.1. The number of aryl methyl sites for hydroxylation is 1. The maximum absolute atomic E-state index is 14.1. The molecule has 38 heavy (non-hydrogen) atoms. The van der Waals surface area contributed by atoms with E-state index in [0.29, 0.717) is 17.4 Å². The SMILES string of the molecule is Cc1nn(-c2ccccc2)c2c1[C@@H](c1ccccc1)N1C(=N2)C(Nc2cccc(F)c2)=Nc2ccccc21. The first-order valence-electron chi connectivity index (χ1n) is 12.5. The summed E-state index contributed by atoms with van der Waals surface area (Å²) in [5.74, 6) is 1.61. The summed E-state index contributed by atoms with van der Waals surface area (Å²) in [5.41, 5.74) is 6.32. The molecule has 3 heterocycles. The first kappa shape index (κ1) is 22.2. The molecule has 2 aliphatic rings. The van der Waals surface area contributed by atoms with Crippen molar-refractivity contribution in [1.82, 2.24) is 9.78 Å². The molecule has 0 saturated heterocycles. The number of nitrogens with one attached hydrogen (secondary N) is 1. The van der Waals surface area contributed by atoms with E-state index in [4.69, 9.17) is 15.1 Å². The monoisotopic (exact) mass is 498 g/mol. The first-order chi connectivity index (χ1) is 18.7. The maximum Gasteiger partial charge on any atom is 0.179 e. The number of anilines is 2. The van der Waals surface area contributed by atoms with Crippen LogP contribution in [-0.2, 0) is 0 Å². The number of para-hydroxylation sites is 3. The average Bonchev–Trinajstić information content (AvgIpc) is 3.29. The Bertz CT molecular complexity index is 1720. The molecular weight excluding hydrogens is 475 g/mol. The number of fused-ring (bicyclic) bond motifs is 4. The molecule has 184 valence electrons. The third-order valence-electron chi connectivity index (χ3n) is 6.84. The summed E-state index contributed by atoms with van der Waals surface area (Å²) in [7, 11) is 0. The molecule has 0 radical (unpaired) electrons. The second-order valence-electron chi connectivity index (χ2n) is 9.27. The quantitative estimate of drug-likeness (QED) is 0.288. The van der Waals surface area contributed by atoms with Gasteiger partial charge in [0.05, 0.1) is 28.8 Å². The molecule has 0 aliphatic carbocycles. The highest BCUT2D eigenvalue weighted by Crippen LogP contribution is 2.48. The standard InChI is InChI=1S/C31H23FN6/c1-20-27-28(21-11-4-2-5-12-21)37-26-18-9-8-17-25(26)34-29(33-23-14-10-13-22(32)19-23)31(37)35-30(27)38(36-20)24-15-6-3-7-16-24/h2-19,28H,1H3,(H,33,34)/t28-/m1/s1. The summed E-state index contributed by atoms with van der Waals surface area (Å²) in [6.45, 7) is 2.03. The van der Waals surface area contributed by atoms with Crippen molar-refractivity contribution in [3.63, 3.8) is 0 Å². The van der Waals surface area contributed by atoms with Crippen LogP contribution in [0.15, 0.2) is 119 Å². The van der Waals surface area contributed by atoms with Gasteiger partial charge in [-0.1, -0.05) is 66.7 Å². The minimum Gasteiger partial charge on any atom is -0.337 e. The summed E-state index contributed by atoms with van der Waals surface area (Å²) < 4.78 is 16.0. The summed E-state index contributed by atoms with van der Waals surface area (Å²) in [6.07, 6.45) is 0. The van der Waals surface area contributed by atoms with E-state index in [9.17, 15) is 4.39 Å². The van der Waals surface area contributed by atoms with Gasteiger partial charge in [0.1, 0.15) is 5.82 Å².